The summed E-state index contributed by atoms with van der Waals surface area (Å²) in [5, 5.41) is 23.2. The van der Waals surface area contributed by atoms with Crippen LogP contribution in [0.5, 0.6) is 0 Å². The SMILES string of the molecule is CC/C=C\C/C=C\C/C=C\C/C=C\CCCCCCCCCCCCCCC(=O)NC(CO)C(O)/C=C/CC/C=C/CC/C=C/CCCCCCCCCCCCCCCCCCCCCCCCC. The number of amides is 1. The van der Waals surface area contributed by atoms with Gasteiger partial charge in [0.05, 0.1) is 18.8 Å². The van der Waals surface area contributed by atoms with E-state index in [0.29, 0.717) is 6.42 Å². The highest BCUT2D eigenvalue weighted by Gasteiger charge is 2.18. The molecule has 0 aliphatic rings. The van der Waals surface area contributed by atoms with E-state index in [1.54, 1.807) is 6.08 Å². The highest BCUT2D eigenvalue weighted by Crippen LogP contribution is 2.17. The summed E-state index contributed by atoms with van der Waals surface area (Å²) in [5.41, 5.74) is 0. The van der Waals surface area contributed by atoms with Crippen molar-refractivity contribution in [1.29, 1.82) is 0 Å². The van der Waals surface area contributed by atoms with Crippen molar-refractivity contribution >= 4 is 5.91 Å². The minimum Gasteiger partial charge on any atom is -0.394 e. The lowest BCUT2D eigenvalue weighted by Crippen LogP contribution is -2.45. The van der Waals surface area contributed by atoms with Crippen molar-refractivity contribution in [1.82, 2.24) is 5.32 Å². The Kier molecular flexibility index (Phi) is 58.8. The average Bonchev–Trinajstić information content (AvgIpc) is 3.36. The van der Waals surface area contributed by atoms with Crippen LogP contribution in [0.3, 0.4) is 0 Å². The number of carbonyl (C=O) groups excluding carboxylic acids is 1. The van der Waals surface area contributed by atoms with Gasteiger partial charge in [-0.25, -0.2) is 0 Å². The fourth-order valence-electron chi connectivity index (χ4n) is 9.20. The monoisotopic (exact) mass is 974 g/mol. The summed E-state index contributed by atoms with van der Waals surface area (Å²) in [7, 11) is 0. The average molecular weight is 975 g/mol. The van der Waals surface area contributed by atoms with Crippen LogP contribution in [0.25, 0.3) is 0 Å². The number of aliphatic hydroxyl groups is 2. The second kappa shape index (κ2) is 60.9. The first kappa shape index (κ1) is 67.6. The third-order valence-electron chi connectivity index (χ3n) is 13.8. The molecule has 2 atom stereocenters. The van der Waals surface area contributed by atoms with Crippen LogP contribution >= 0.6 is 0 Å². The maximum Gasteiger partial charge on any atom is 0.220 e. The Morgan fingerprint density at radius 1 is 0.357 bits per heavy atom. The van der Waals surface area contributed by atoms with E-state index in [1.807, 2.05) is 6.08 Å². The molecule has 0 aromatic rings. The van der Waals surface area contributed by atoms with Gasteiger partial charge in [0.15, 0.2) is 0 Å². The normalized spacial score (nSPS) is 13.4. The molecular formula is C66H119NO3. The molecule has 0 aromatic carbocycles. The number of unbranched alkanes of at least 4 members (excludes halogenated alkanes) is 37. The van der Waals surface area contributed by atoms with Crippen LogP contribution in [0, 0.1) is 0 Å². The van der Waals surface area contributed by atoms with Crippen molar-refractivity contribution in [2.75, 3.05) is 6.61 Å². The quantitative estimate of drug-likeness (QED) is 0.0420. The molecule has 4 heteroatoms. The highest BCUT2D eigenvalue weighted by molar-refractivity contribution is 5.76. The van der Waals surface area contributed by atoms with Gasteiger partial charge in [-0.15, -0.1) is 0 Å². The first-order valence-electron chi connectivity index (χ1n) is 30.8. The Morgan fingerprint density at radius 3 is 1.00 bits per heavy atom. The summed E-state index contributed by atoms with van der Waals surface area (Å²) < 4.78 is 0. The molecule has 0 aliphatic carbocycles. The van der Waals surface area contributed by atoms with E-state index in [1.165, 1.54) is 225 Å². The lowest BCUT2D eigenvalue weighted by molar-refractivity contribution is -0.123. The summed E-state index contributed by atoms with van der Waals surface area (Å²) in [6, 6.07) is -0.653. The zero-order valence-corrected chi connectivity index (χ0v) is 46.8. The third-order valence-corrected chi connectivity index (χ3v) is 13.8. The summed E-state index contributed by atoms with van der Waals surface area (Å²) >= 11 is 0. The molecule has 0 fully saturated rings. The molecule has 406 valence electrons. The predicted octanol–water partition coefficient (Wildman–Crippen LogP) is 20.7. The van der Waals surface area contributed by atoms with Crippen LogP contribution in [-0.4, -0.2) is 34.9 Å². The van der Waals surface area contributed by atoms with Gasteiger partial charge in [0, 0.05) is 6.42 Å². The standard InChI is InChI=1S/C66H119NO3/c1-3-5-7-9-11-13-15-17-19-21-23-25-27-29-30-31-32-33-34-35-36-38-39-41-43-45-47-49-51-53-55-57-59-61-65(69)64(63-68)67-66(70)62-60-58-56-54-52-50-48-46-44-42-40-37-28-26-24-22-20-18-16-14-12-10-8-6-4-2/h6,8,12,14,18,20,24,26,43,45,51,53,59,61,64-65,68-69H,3-5,7,9-11,13,15-17,19,21-23,25,27-42,44,46-50,52,54-58,60,62-63H2,1-2H3,(H,67,70)/b8-6-,14-12-,20-18-,26-24-,45-43+,53-51+,61-59+. The zero-order valence-electron chi connectivity index (χ0n) is 46.8. The lowest BCUT2D eigenvalue weighted by atomic mass is 10.0. The van der Waals surface area contributed by atoms with Gasteiger partial charge in [-0.1, -0.05) is 304 Å². The van der Waals surface area contributed by atoms with Crippen LogP contribution in [0.2, 0.25) is 0 Å². The minimum absolute atomic E-state index is 0.0804. The van der Waals surface area contributed by atoms with Gasteiger partial charge in [-0.2, -0.15) is 0 Å². The Morgan fingerprint density at radius 2 is 0.643 bits per heavy atom. The van der Waals surface area contributed by atoms with Gasteiger partial charge >= 0.3 is 0 Å². The van der Waals surface area contributed by atoms with E-state index < -0.39 is 12.1 Å². The highest BCUT2D eigenvalue weighted by atomic mass is 16.3. The molecule has 2 unspecified atom stereocenters. The molecule has 0 aromatic heterocycles. The van der Waals surface area contributed by atoms with Crippen molar-refractivity contribution < 1.29 is 15.0 Å². The smallest absolute Gasteiger partial charge is 0.220 e. The number of carbonyl (C=O) groups is 1. The van der Waals surface area contributed by atoms with Crippen molar-refractivity contribution in [2.45, 2.75) is 321 Å². The van der Waals surface area contributed by atoms with Gasteiger partial charge in [-0.3, -0.25) is 4.79 Å². The molecule has 1 amide bonds. The number of rotatable bonds is 56. The van der Waals surface area contributed by atoms with Gasteiger partial charge in [0.25, 0.3) is 0 Å². The number of nitrogens with one attached hydrogen (secondary N) is 1. The third kappa shape index (κ3) is 56.5. The second-order valence-corrected chi connectivity index (χ2v) is 20.7. The topological polar surface area (TPSA) is 69.6 Å². The molecule has 0 aliphatic heterocycles. The predicted molar refractivity (Wildman–Crippen MR) is 313 cm³/mol. The molecule has 0 rings (SSSR count). The van der Waals surface area contributed by atoms with Gasteiger partial charge in [0.2, 0.25) is 5.91 Å². The molecule has 0 spiro atoms. The van der Waals surface area contributed by atoms with Crippen molar-refractivity contribution in [2.24, 2.45) is 0 Å². The molecule has 0 bridgehead atoms. The van der Waals surface area contributed by atoms with E-state index in [4.69, 9.17) is 0 Å². The molecule has 0 heterocycles. The van der Waals surface area contributed by atoms with E-state index in [9.17, 15) is 15.0 Å². The summed E-state index contributed by atoms with van der Waals surface area (Å²) in [6.45, 7) is 4.20. The Bertz CT molecular complexity index is 1240. The first-order chi connectivity index (χ1) is 34.7. The van der Waals surface area contributed by atoms with Gasteiger partial charge in [-0.05, 0) is 83.5 Å². The number of aliphatic hydroxyl groups excluding tert-OH is 2. The maximum atomic E-state index is 12.5. The first-order valence-corrected chi connectivity index (χ1v) is 30.8. The van der Waals surface area contributed by atoms with E-state index in [0.717, 1.165) is 64.2 Å². The number of allylic oxidation sites excluding steroid dienone is 13. The lowest BCUT2D eigenvalue weighted by Gasteiger charge is -2.19. The van der Waals surface area contributed by atoms with Gasteiger partial charge in [0.1, 0.15) is 0 Å². The molecular weight excluding hydrogens is 855 g/mol. The summed E-state index contributed by atoms with van der Waals surface area (Å²) in [6.07, 6.45) is 89.2. The van der Waals surface area contributed by atoms with E-state index >= 15 is 0 Å². The number of hydrogen-bond acceptors (Lipinski definition) is 3. The fourth-order valence-corrected chi connectivity index (χ4v) is 9.20. The van der Waals surface area contributed by atoms with Crippen molar-refractivity contribution in [3.05, 3.63) is 85.1 Å². The van der Waals surface area contributed by atoms with Crippen LogP contribution in [0.15, 0.2) is 85.1 Å². The number of hydrogen-bond donors (Lipinski definition) is 3. The summed E-state index contributed by atoms with van der Waals surface area (Å²) in [5.74, 6) is -0.0804. The van der Waals surface area contributed by atoms with Crippen LogP contribution in [0.4, 0.5) is 0 Å². The van der Waals surface area contributed by atoms with E-state index in [-0.39, 0.29) is 12.5 Å². The molecule has 0 radical (unpaired) electrons. The molecule has 0 saturated heterocycles. The van der Waals surface area contributed by atoms with Crippen LogP contribution in [0.1, 0.15) is 309 Å². The molecule has 70 heavy (non-hydrogen) atoms. The second-order valence-electron chi connectivity index (χ2n) is 20.7. The Labute approximate surface area is 437 Å². The maximum absolute atomic E-state index is 12.5. The molecule has 4 nitrogen and oxygen atoms in total. The Hall–Kier alpha value is -2.43. The minimum atomic E-state index is -0.877. The zero-order chi connectivity index (χ0) is 50.6. The largest absolute Gasteiger partial charge is 0.394 e. The van der Waals surface area contributed by atoms with Crippen LogP contribution < -0.4 is 5.32 Å². The van der Waals surface area contributed by atoms with E-state index in [2.05, 4.69) is 92.1 Å². The Balaban J connectivity index is 3.54. The fraction of sp³-hybridized carbons (Fsp3) is 0.773. The molecule has 3 N–H and O–H groups in total. The van der Waals surface area contributed by atoms with Gasteiger partial charge < -0.3 is 15.5 Å². The molecule has 0 saturated carbocycles. The van der Waals surface area contributed by atoms with Crippen molar-refractivity contribution in [3.63, 3.8) is 0 Å². The van der Waals surface area contributed by atoms with Crippen LogP contribution in [-0.2, 0) is 4.79 Å². The van der Waals surface area contributed by atoms with Crippen molar-refractivity contribution in [3.8, 4) is 0 Å². The summed E-state index contributed by atoms with van der Waals surface area (Å²) in [4.78, 5) is 12.5.